The van der Waals surface area contributed by atoms with E-state index in [0.29, 0.717) is 5.56 Å². The van der Waals surface area contributed by atoms with Crippen LogP contribution in [-0.4, -0.2) is 23.3 Å². The Hall–Kier alpha value is -2.76. The molecule has 126 valence electrons. The summed E-state index contributed by atoms with van der Waals surface area (Å²) in [6.45, 7) is 1.55. The lowest BCUT2D eigenvalue weighted by Gasteiger charge is -2.21. The second-order valence-corrected chi connectivity index (χ2v) is 5.31. The van der Waals surface area contributed by atoms with Crippen LogP contribution in [0, 0.1) is 11.6 Å². The highest BCUT2D eigenvalue weighted by Crippen LogP contribution is 2.13. The number of para-hydroxylation sites is 1. The fourth-order valence-electron chi connectivity index (χ4n) is 2.19. The van der Waals surface area contributed by atoms with Gasteiger partial charge in [0.25, 0.3) is 0 Å². The predicted molar refractivity (Wildman–Crippen MR) is 87.1 cm³/mol. The van der Waals surface area contributed by atoms with E-state index in [1.807, 2.05) is 0 Å². The Kier molecular flexibility index (Phi) is 6.01. The molecule has 0 heterocycles. The first kappa shape index (κ1) is 17.6. The Balaban J connectivity index is 1.94. The minimum Gasteiger partial charge on any atom is -0.338 e. The molecule has 1 N–H and O–H groups in total. The Bertz CT molecular complexity index is 734. The summed E-state index contributed by atoms with van der Waals surface area (Å²) >= 11 is 0. The maximum Gasteiger partial charge on any atom is 0.226 e. The summed E-state index contributed by atoms with van der Waals surface area (Å²) in [6.07, 6.45) is -0.0115. The minimum atomic E-state index is -0.527. The van der Waals surface area contributed by atoms with Crippen LogP contribution in [0.2, 0.25) is 0 Å². The molecule has 0 aliphatic rings. The van der Waals surface area contributed by atoms with E-state index in [1.165, 1.54) is 36.1 Å². The molecule has 0 aliphatic heterocycles. The zero-order valence-corrected chi connectivity index (χ0v) is 13.3. The standard InChI is InChI=1S/C18H18F2N2O2/c1-13(23)22(12-14-6-2-3-7-15(14)19)11-10-18(24)21-17-9-5-4-8-16(17)20/h2-9H,10-12H2,1H3,(H,21,24). The number of carbonyl (C=O) groups is 2. The molecule has 0 atom stereocenters. The molecule has 2 rings (SSSR count). The van der Waals surface area contributed by atoms with E-state index in [1.54, 1.807) is 24.3 Å². The van der Waals surface area contributed by atoms with Crippen molar-refractivity contribution in [2.75, 3.05) is 11.9 Å². The predicted octanol–water partition coefficient (Wildman–Crippen LogP) is 3.34. The van der Waals surface area contributed by atoms with Crippen LogP contribution in [-0.2, 0) is 16.1 Å². The highest BCUT2D eigenvalue weighted by atomic mass is 19.1. The van der Waals surface area contributed by atoms with Gasteiger partial charge in [-0.1, -0.05) is 30.3 Å². The molecule has 0 radical (unpaired) electrons. The molecule has 0 bridgehead atoms. The van der Waals surface area contributed by atoms with Crippen LogP contribution in [0.15, 0.2) is 48.5 Å². The summed E-state index contributed by atoms with van der Waals surface area (Å²) in [5.74, 6) is -1.61. The summed E-state index contributed by atoms with van der Waals surface area (Å²) in [6, 6.07) is 12.0. The molecule has 2 aromatic carbocycles. The number of benzene rings is 2. The number of amides is 2. The van der Waals surface area contributed by atoms with Crippen molar-refractivity contribution in [1.82, 2.24) is 4.90 Å². The van der Waals surface area contributed by atoms with E-state index in [-0.39, 0.29) is 31.1 Å². The molecule has 0 saturated carbocycles. The molecule has 0 unspecified atom stereocenters. The topological polar surface area (TPSA) is 49.4 Å². The fourth-order valence-corrected chi connectivity index (χ4v) is 2.19. The van der Waals surface area contributed by atoms with Gasteiger partial charge in [0.1, 0.15) is 11.6 Å². The number of anilines is 1. The van der Waals surface area contributed by atoms with Gasteiger partial charge in [-0.25, -0.2) is 8.78 Å². The van der Waals surface area contributed by atoms with Gasteiger partial charge < -0.3 is 10.2 Å². The summed E-state index contributed by atoms with van der Waals surface area (Å²) in [4.78, 5) is 25.0. The van der Waals surface area contributed by atoms with E-state index < -0.39 is 17.5 Å². The molecule has 24 heavy (non-hydrogen) atoms. The first-order chi connectivity index (χ1) is 11.5. The molecule has 2 aromatic rings. The van der Waals surface area contributed by atoms with Crippen LogP contribution < -0.4 is 5.32 Å². The maximum atomic E-state index is 13.7. The van der Waals surface area contributed by atoms with Crippen LogP contribution in [0.1, 0.15) is 18.9 Å². The zero-order chi connectivity index (χ0) is 17.5. The summed E-state index contributed by atoms with van der Waals surface area (Å²) in [5, 5.41) is 2.45. The third-order valence-corrected chi connectivity index (χ3v) is 3.52. The van der Waals surface area contributed by atoms with Gasteiger partial charge in [-0.15, -0.1) is 0 Å². The second-order valence-electron chi connectivity index (χ2n) is 5.31. The molecule has 2 amide bonds. The van der Waals surface area contributed by atoms with Crippen LogP contribution >= 0.6 is 0 Å². The largest absolute Gasteiger partial charge is 0.338 e. The Morgan fingerprint density at radius 3 is 2.25 bits per heavy atom. The van der Waals surface area contributed by atoms with Crippen LogP contribution in [0.5, 0.6) is 0 Å². The maximum absolute atomic E-state index is 13.7. The molecule has 0 saturated heterocycles. The minimum absolute atomic E-state index is 0.0115. The number of halogens is 2. The fraction of sp³-hybridized carbons (Fsp3) is 0.222. The highest BCUT2D eigenvalue weighted by molar-refractivity contribution is 5.91. The van der Waals surface area contributed by atoms with E-state index in [4.69, 9.17) is 0 Å². The zero-order valence-electron chi connectivity index (χ0n) is 13.3. The van der Waals surface area contributed by atoms with Crippen molar-refractivity contribution in [3.8, 4) is 0 Å². The van der Waals surface area contributed by atoms with Crippen molar-refractivity contribution < 1.29 is 18.4 Å². The van der Waals surface area contributed by atoms with Crippen molar-refractivity contribution >= 4 is 17.5 Å². The summed E-state index contributed by atoms with van der Waals surface area (Å²) in [7, 11) is 0. The van der Waals surface area contributed by atoms with E-state index in [9.17, 15) is 18.4 Å². The molecule has 0 spiro atoms. The smallest absolute Gasteiger partial charge is 0.226 e. The van der Waals surface area contributed by atoms with Gasteiger partial charge >= 0.3 is 0 Å². The summed E-state index contributed by atoms with van der Waals surface area (Å²) < 4.78 is 27.2. The number of nitrogens with zero attached hydrogens (tertiary/aromatic N) is 1. The molecule has 0 aliphatic carbocycles. The van der Waals surface area contributed by atoms with E-state index in [0.717, 1.165) is 0 Å². The lowest BCUT2D eigenvalue weighted by atomic mass is 10.2. The van der Waals surface area contributed by atoms with E-state index >= 15 is 0 Å². The average Bonchev–Trinajstić information content (AvgIpc) is 2.55. The van der Waals surface area contributed by atoms with Gasteiger partial charge in [0.05, 0.1) is 5.69 Å². The van der Waals surface area contributed by atoms with Gasteiger partial charge in [-0.2, -0.15) is 0 Å². The van der Waals surface area contributed by atoms with Gasteiger partial charge in [0.15, 0.2) is 0 Å². The van der Waals surface area contributed by atoms with E-state index in [2.05, 4.69) is 5.32 Å². The van der Waals surface area contributed by atoms with Crippen molar-refractivity contribution in [1.29, 1.82) is 0 Å². The lowest BCUT2D eigenvalue weighted by Crippen LogP contribution is -2.32. The number of nitrogens with one attached hydrogen (secondary N) is 1. The second kappa shape index (κ2) is 8.19. The van der Waals surface area contributed by atoms with Crippen LogP contribution in [0.25, 0.3) is 0 Å². The normalized spacial score (nSPS) is 10.3. The Morgan fingerprint density at radius 2 is 1.62 bits per heavy atom. The van der Waals surface area contributed by atoms with Crippen LogP contribution in [0.4, 0.5) is 14.5 Å². The van der Waals surface area contributed by atoms with Gasteiger partial charge in [-0.3, -0.25) is 9.59 Å². The van der Waals surface area contributed by atoms with Gasteiger partial charge in [-0.05, 0) is 18.2 Å². The Labute approximate surface area is 139 Å². The first-order valence-electron chi connectivity index (χ1n) is 7.50. The SMILES string of the molecule is CC(=O)N(CCC(=O)Nc1ccccc1F)Cc1ccccc1F. The quantitative estimate of drug-likeness (QED) is 0.882. The molecular formula is C18H18F2N2O2. The third kappa shape index (κ3) is 4.87. The molecular weight excluding hydrogens is 314 g/mol. The first-order valence-corrected chi connectivity index (χ1v) is 7.50. The van der Waals surface area contributed by atoms with Gasteiger partial charge in [0.2, 0.25) is 11.8 Å². The van der Waals surface area contributed by atoms with Crippen molar-refractivity contribution in [3.63, 3.8) is 0 Å². The molecule has 4 nitrogen and oxygen atoms in total. The van der Waals surface area contributed by atoms with Crippen molar-refractivity contribution in [2.45, 2.75) is 19.9 Å². The molecule has 6 heteroatoms. The van der Waals surface area contributed by atoms with Crippen molar-refractivity contribution in [3.05, 3.63) is 65.7 Å². The number of hydrogen-bond acceptors (Lipinski definition) is 2. The summed E-state index contributed by atoms with van der Waals surface area (Å²) in [5.41, 5.74) is 0.466. The molecule has 0 fully saturated rings. The molecule has 0 aromatic heterocycles. The Morgan fingerprint density at radius 1 is 1.00 bits per heavy atom. The number of carbonyl (C=O) groups excluding carboxylic acids is 2. The van der Waals surface area contributed by atoms with Crippen LogP contribution in [0.3, 0.4) is 0 Å². The highest BCUT2D eigenvalue weighted by Gasteiger charge is 2.14. The number of hydrogen-bond donors (Lipinski definition) is 1. The lowest BCUT2D eigenvalue weighted by molar-refractivity contribution is -0.130. The number of rotatable bonds is 6. The van der Waals surface area contributed by atoms with Crippen molar-refractivity contribution in [2.24, 2.45) is 0 Å². The van der Waals surface area contributed by atoms with Gasteiger partial charge in [0, 0.05) is 32.0 Å². The third-order valence-electron chi connectivity index (χ3n) is 3.52. The monoisotopic (exact) mass is 332 g/mol. The average molecular weight is 332 g/mol.